The second-order valence-corrected chi connectivity index (χ2v) is 15.4. The van der Waals surface area contributed by atoms with E-state index in [2.05, 4.69) is 167 Å². The van der Waals surface area contributed by atoms with Crippen LogP contribution >= 0.6 is 0 Å². The van der Waals surface area contributed by atoms with E-state index in [0.29, 0.717) is 11.4 Å². The lowest BCUT2D eigenvalue weighted by atomic mass is 9.90. The molecule has 0 fully saturated rings. The predicted octanol–water partition coefficient (Wildman–Crippen LogP) is 8.79. The molecule has 8 rings (SSSR count). The first kappa shape index (κ1) is 40.8. The molecule has 0 radical (unpaired) electrons. The first-order chi connectivity index (χ1) is 30.4. The van der Waals surface area contributed by atoms with Gasteiger partial charge in [0.05, 0.1) is 0 Å². The molecule has 0 saturated heterocycles. The van der Waals surface area contributed by atoms with Crippen LogP contribution in [0, 0.1) is 0 Å². The van der Waals surface area contributed by atoms with Crippen LogP contribution in [0.5, 0.6) is 0 Å². The third-order valence-electron chi connectivity index (χ3n) is 11.7. The highest BCUT2D eigenvalue weighted by molar-refractivity contribution is 5.81. The van der Waals surface area contributed by atoms with E-state index in [9.17, 15) is 0 Å². The molecular formula is C60H50N2. The average Bonchev–Trinajstić information content (AvgIpc) is 3.34. The van der Waals surface area contributed by atoms with E-state index in [-0.39, 0.29) is 0 Å². The van der Waals surface area contributed by atoms with E-state index in [1.54, 1.807) is 0 Å². The van der Waals surface area contributed by atoms with E-state index in [1.165, 1.54) is 11.1 Å². The molecule has 0 aromatic heterocycles. The van der Waals surface area contributed by atoms with Crippen molar-refractivity contribution in [2.24, 2.45) is 11.5 Å². The lowest BCUT2D eigenvalue weighted by Crippen LogP contribution is -2.34. The molecule has 4 N–H and O–H groups in total. The van der Waals surface area contributed by atoms with Gasteiger partial charge >= 0.3 is 0 Å². The number of hydrogen-bond donors (Lipinski definition) is 2. The van der Waals surface area contributed by atoms with E-state index < -0.39 is 0 Å². The Kier molecular flexibility index (Phi) is 12.2. The highest BCUT2D eigenvalue weighted by Crippen LogP contribution is 2.29. The Morgan fingerprint density at radius 3 is 1.03 bits per heavy atom. The Morgan fingerprint density at radius 2 is 0.645 bits per heavy atom. The number of hydrogen-bond acceptors (Lipinski definition) is 2. The zero-order chi connectivity index (χ0) is 43.0. The number of rotatable bonds is 9. The van der Waals surface area contributed by atoms with Gasteiger partial charge in [0.2, 0.25) is 0 Å². The molecule has 300 valence electrons. The minimum absolute atomic E-state index is 0.669. The van der Waals surface area contributed by atoms with Crippen molar-refractivity contribution in [2.75, 3.05) is 0 Å². The summed E-state index contributed by atoms with van der Waals surface area (Å²) in [6, 6.07) is 71.8. The van der Waals surface area contributed by atoms with E-state index in [0.717, 1.165) is 87.0 Å². The quantitative estimate of drug-likeness (QED) is 0.154. The molecule has 0 aliphatic heterocycles. The number of nitrogens with two attached hydrogens (primary N) is 2. The lowest BCUT2D eigenvalue weighted by Gasteiger charge is -2.14. The van der Waals surface area contributed by atoms with Crippen LogP contribution in [0.2, 0.25) is 0 Å². The zero-order valence-electron chi connectivity index (χ0n) is 35.4. The number of allylic oxidation sites excluding steroid dienone is 2. The SMILES string of the molecule is C=C/C(c1ccccc1)=c1/cccc/c1=C(/C)c1cc(/C(C)=c2\cccc\c2=C(\C=C)c2ccccc2)cc(-c2ccc(/C(N)=c3\cccc\c3=C(\N)c3ccccc3)cc2)c1. The monoisotopic (exact) mass is 798 g/mol. The molecule has 0 saturated carbocycles. The van der Waals surface area contributed by atoms with Gasteiger partial charge in [0.15, 0.2) is 0 Å². The summed E-state index contributed by atoms with van der Waals surface area (Å²) in [4.78, 5) is 0. The minimum Gasteiger partial charge on any atom is -0.398 e. The van der Waals surface area contributed by atoms with Crippen LogP contribution in [0.1, 0.15) is 47.2 Å². The third kappa shape index (κ3) is 8.41. The summed E-state index contributed by atoms with van der Waals surface area (Å²) in [5, 5.41) is 6.39. The van der Waals surface area contributed by atoms with Crippen molar-refractivity contribution >= 4 is 33.7 Å². The van der Waals surface area contributed by atoms with Crippen LogP contribution in [-0.4, -0.2) is 0 Å². The predicted molar refractivity (Wildman–Crippen MR) is 263 cm³/mol. The van der Waals surface area contributed by atoms with Gasteiger partial charge in [0.1, 0.15) is 0 Å². The summed E-state index contributed by atoms with van der Waals surface area (Å²) in [5.41, 5.74) is 28.2. The van der Waals surface area contributed by atoms with Crippen LogP contribution in [-0.2, 0) is 0 Å². The third-order valence-corrected chi connectivity index (χ3v) is 11.7. The minimum atomic E-state index is 0.669. The molecule has 8 aromatic carbocycles. The molecule has 2 heteroatoms. The van der Waals surface area contributed by atoms with Crippen molar-refractivity contribution in [3.05, 3.63) is 296 Å². The molecule has 0 aliphatic rings. The molecule has 0 bridgehead atoms. The summed E-state index contributed by atoms with van der Waals surface area (Å²) in [5.74, 6) is 0. The zero-order valence-corrected chi connectivity index (χ0v) is 35.4. The summed E-state index contributed by atoms with van der Waals surface area (Å²) >= 11 is 0. The van der Waals surface area contributed by atoms with Gasteiger partial charge in [-0.2, -0.15) is 0 Å². The molecule has 0 spiro atoms. The molecule has 8 aromatic rings. The Balaban J connectivity index is 1.37. The van der Waals surface area contributed by atoms with Crippen LogP contribution < -0.4 is 42.8 Å². The summed E-state index contributed by atoms with van der Waals surface area (Å²) in [6.07, 6.45) is 3.94. The number of benzene rings is 8. The molecular weight excluding hydrogens is 749 g/mol. The van der Waals surface area contributed by atoms with Crippen molar-refractivity contribution in [3.63, 3.8) is 0 Å². The molecule has 2 nitrogen and oxygen atoms in total. The van der Waals surface area contributed by atoms with Crippen molar-refractivity contribution in [1.29, 1.82) is 0 Å². The van der Waals surface area contributed by atoms with Gasteiger partial charge in [0.25, 0.3) is 0 Å². The second-order valence-electron chi connectivity index (χ2n) is 15.4. The van der Waals surface area contributed by atoms with Gasteiger partial charge in [-0.15, -0.1) is 0 Å². The van der Waals surface area contributed by atoms with E-state index in [1.807, 2.05) is 78.9 Å². The lowest BCUT2D eigenvalue weighted by molar-refractivity contribution is 1.36. The second kappa shape index (κ2) is 18.5. The molecule has 0 heterocycles. The van der Waals surface area contributed by atoms with Gasteiger partial charge < -0.3 is 11.5 Å². The highest BCUT2D eigenvalue weighted by Gasteiger charge is 2.12. The van der Waals surface area contributed by atoms with Crippen molar-refractivity contribution in [3.8, 4) is 11.1 Å². The Hall–Kier alpha value is -7.94. The fourth-order valence-corrected chi connectivity index (χ4v) is 8.35. The Bertz CT molecular complexity index is 3180. The van der Waals surface area contributed by atoms with Gasteiger partial charge in [0, 0.05) is 21.8 Å². The van der Waals surface area contributed by atoms with Gasteiger partial charge in [-0.25, -0.2) is 0 Å². The highest BCUT2D eigenvalue weighted by atomic mass is 14.6. The van der Waals surface area contributed by atoms with Crippen LogP contribution in [0.25, 0.3) is 44.8 Å². The Labute approximate surface area is 364 Å². The maximum atomic E-state index is 6.99. The van der Waals surface area contributed by atoms with Crippen molar-refractivity contribution in [1.82, 2.24) is 0 Å². The molecule has 0 unspecified atom stereocenters. The van der Waals surface area contributed by atoms with Gasteiger partial charge in [-0.05, 0) is 120 Å². The summed E-state index contributed by atoms with van der Waals surface area (Å²) in [7, 11) is 0. The largest absolute Gasteiger partial charge is 0.398 e. The van der Waals surface area contributed by atoms with E-state index >= 15 is 0 Å². The molecule has 0 aliphatic carbocycles. The fraction of sp³-hybridized carbons (Fsp3) is 0.0333. The van der Waals surface area contributed by atoms with Crippen molar-refractivity contribution < 1.29 is 0 Å². The fourth-order valence-electron chi connectivity index (χ4n) is 8.35. The maximum absolute atomic E-state index is 6.99. The first-order valence-corrected chi connectivity index (χ1v) is 21.0. The smallest absolute Gasteiger partial charge is 0.0468 e. The van der Waals surface area contributed by atoms with Crippen LogP contribution in [0.3, 0.4) is 0 Å². The summed E-state index contributed by atoms with van der Waals surface area (Å²) < 4.78 is 0. The topological polar surface area (TPSA) is 52.0 Å². The molecule has 0 atom stereocenters. The van der Waals surface area contributed by atoms with Crippen LogP contribution in [0.15, 0.2) is 232 Å². The average molecular weight is 799 g/mol. The van der Waals surface area contributed by atoms with Crippen molar-refractivity contribution in [2.45, 2.75) is 13.8 Å². The van der Waals surface area contributed by atoms with Crippen LogP contribution in [0.4, 0.5) is 0 Å². The summed E-state index contributed by atoms with van der Waals surface area (Å²) in [6.45, 7) is 13.0. The van der Waals surface area contributed by atoms with Gasteiger partial charge in [-0.3, -0.25) is 0 Å². The van der Waals surface area contributed by atoms with Gasteiger partial charge in [-0.1, -0.05) is 213 Å². The first-order valence-electron chi connectivity index (χ1n) is 21.0. The normalized spacial score (nSPS) is 14.2. The van der Waals surface area contributed by atoms with E-state index in [4.69, 9.17) is 11.5 Å². The molecule has 0 amide bonds. The molecule has 62 heavy (non-hydrogen) atoms. The maximum Gasteiger partial charge on any atom is 0.0468 e. The standard InChI is InChI=1S/C60H50N2/c1-5-51(44-22-10-7-11-23-44)55-30-18-16-28-53(55)41(3)48-38-49(42(4)54-29-17-19-31-56(54)52(6-2)45-24-12-8-13-25-45)40-50(39-48)43-34-36-47(37-35-43)60(62)58-33-21-20-32-57(58)59(61)46-26-14-9-15-27-46/h5-40H,1-2,61-62H2,3-4H3/b53-41+,54-42+,55-51+,56-52+,59-57-,60-58-. The Morgan fingerprint density at radius 1 is 0.323 bits per heavy atom.